The minimum Gasteiger partial charge on any atom is -0.323 e. The van der Waals surface area contributed by atoms with Gasteiger partial charge in [0.05, 0.1) is 26.7 Å². The summed E-state index contributed by atoms with van der Waals surface area (Å²) >= 11 is 0. The average Bonchev–Trinajstić information content (AvgIpc) is 2.38. The molecule has 1 heterocycles. The number of likely N-dealkylation sites (tertiary alicyclic amines) is 1. The Balaban J connectivity index is 2.28. The molecule has 0 atom stereocenters. The molecule has 0 aromatic carbocycles. The third-order valence-corrected chi connectivity index (χ3v) is 2.59. The van der Waals surface area contributed by atoms with Crippen LogP contribution >= 0.6 is 0 Å². The summed E-state index contributed by atoms with van der Waals surface area (Å²) in [4.78, 5) is 0. The summed E-state index contributed by atoms with van der Waals surface area (Å²) in [5, 5.41) is 0. The maximum atomic E-state index is 2.37. The van der Waals surface area contributed by atoms with E-state index >= 15 is 0 Å². The van der Waals surface area contributed by atoms with E-state index < -0.39 is 0 Å². The summed E-state index contributed by atoms with van der Waals surface area (Å²) in [5.74, 6) is 0. The Labute approximate surface area is 70.3 Å². The molecule has 0 aliphatic carbocycles. The molecular weight excluding hydrogens is 134 g/mol. The molecular formula is C10H20N+. The van der Waals surface area contributed by atoms with E-state index in [1.54, 1.807) is 0 Å². The van der Waals surface area contributed by atoms with Crippen LogP contribution in [0.5, 0.6) is 0 Å². The van der Waals surface area contributed by atoms with Crippen molar-refractivity contribution < 1.29 is 4.48 Å². The van der Waals surface area contributed by atoms with Gasteiger partial charge in [-0.3, -0.25) is 0 Å². The second-order valence-electron chi connectivity index (χ2n) is 3.84. The smallest absolute Gasteiger partial charge is 0.0971 e. The summed E-state index contributed by atoms with van der Waals surface area (Å²) in [5.41, 5.74) is 0. The highest BCUT2D eigenvalue weighted by Gasteiger charge is 2.24. The van der Waals surface area contributed by atoms with E-state index in [0.717, 1.165) is 0 Å². The maximum Gasteiger partial charge on any atom is 0.0971 e. The molecule has 0 bridgehead atoms. The van der Waals surface area contributed by atoms with Crippen molar-refractivity contribution in [2.45, 2.75) is 26.2 Å². The van der Waals surface area contributed by atoms with E-state index in [4.69, 9.17) is 0 Å². The van der Waals surface area contributed by atoms with Crippen molar-refractivity contribution in [3.05, 3.63) is 12.2 Å². The molecule has 0 N–H and O–H groups in total. The van der Waals surface area contributed by atoms with Gasteiger partial charge < -0.3 is 4.48 Å². The SMILES string of the molecule is CC/C=C/C[N+]1(C)CCCC1. The Kier molecular flexibility index (Phi) is 3.13. The van der Waals surface area contributed by atoms with Crippen LogP contribution in [0.25, 0.3) is 0 Å². The van der Waals surface area contributed by atoms with Gasteiger partial charge in [0.1, 0.15) is 0 Å². The van der Waals surface area contributed by atoms with Gasteiger partial charge in [-0.2, -0.15) is 0 Å². The largest absolute Gasteiger partial charge is 0.323 e. The van der Waals surface area contributed by atoms with Crippen molar-refractivity contribution in [2.24, 2.45) is 0 Å². The van der Waals surface area contributed by atoms with Gasteiger partial charge in [-0.25, -0.2) is 0 Å². The zero-order chi connectivity index (χ0) is 8.16. The lowest BCUT2D eigenvalue weighted by atomic mass is 10.3. The fourth-order valence-electron chi connectivity index (χ4n) is 1.78. The fourth-order valence-corrected chi connectivity index (χ4v) is 1.78. The topological polar surface area (TPSA) is 0 Å². The van der Waals surface area contributed by atoms with Crippen molar-refractivity contribution in [1.82, 2.24) is 0 Å². The third kappa shape index (κ3) is 2.66. The highest BCUT2D eigenvalue weighted by molar-refractivity contribution is 4.80. The molecule has 1 aliphatic rings. The number of quaternary nitrogens is 1. The molecule has 1 rings (SSSR count). The van der Waals surface area contributed by atoms with E-state index in [-0.39, 0.29) is 0 Å². The first-order valence-electron chi connectivity index (χ1n) is 4.75. The number of likely N-dealkylation sites (N-methyl/N-ethyl adjacent to an activating group) is 1. The molecule has 0 amide bonds. The molecule has 11 heavy (non-hydrogen) atoms. The van der Waals surface area contributed by atoms with Crippen LogP contribution in [0.15, 0.2) is 12.2 Å². The number of nitrogens with zero attached hydrogens (tertiary/aromatic N) is 1. The van der Waals surface area contributed by atoms with Crippen LogP contribution < -0.4 is 0 Å². The molecule has 0 aromatic rings. The number of allylic oxidation sites excluding steroid dienone is 1. The Bertz CT molecular complexity index is 132. The van der Waals surface area contributed by atoms with Gasteiger partial charge in [0.15, 0.2) is 0 Å². The van der Waals surface area contributed by atoms with Crippen molar-refractivity contribution >= 4 is 0 Å². The van der Waals surface area contributed by atoms with Crippen LogP contribution in [0.2, 0.25) is 0 Å². The Morgan fingerprint density at radius 2 is 1.82 bits per heavy atom. The van der Waals surface area contributed by atoms with Gasteiger partial charge in [0.25, 0.3) is 0 Å². The van der Waals surface area contributed by atoms with Gasteiger partial charge in [-0.15, -0.1) is 0 Å². The Morgan fingerprint density at radius 1 is 1.18 bits per heavy atom. The Hall–Kier alpha value is -0.300. The normalized spacial score (nSPS) is 23.1. The first-order chi connectivity index (χ1) is 5.27. The van der Waals surface area contributed by atoms with Crippen molar-refractivity contribution in [2.75, 3.05) is 26.7 Å². The van der Waals surface area contributed by atoms with Gasteiger partial charge in [-0.05, 0) is 12.5 Å². The third-order valence-electron chi connectivity index (χ3n) is 2.59. The molecule has 64 valence electrons. The second-order valence-corrected chi connectivity index (χ2v) is 3.84. The van der Waals surface area contributed by atoms with Crippen molar-refractivity contribution in [3.63, 3.8) is 0 Å². The predicted molar refractivity (Wildman–Crippen MR) is 49.5 cm³/mol. The molecule has 1 aliphatic heterocycles. The Morgan fingerprint density at radius 3 is 2.36 bits per heavy atom. The van der Waals surface area contributed by atoms with Gasteiger partial charge >= 0.3 is 0 Å². The maximum absolute atomic E-state index is 2.37. The highest BCUT2D eigenvalue weighted by atomic mass is 15.3. The lowest BCUT2D eigenvalue weighted by Crippen LogP contribution is -2.40. The zero-order valence-electron chi connectivity index (χ0n) is 7.84. The molecule has 1 saturated heterocycles. The molecule has 1 heteroatoms. The molecule has 0 spiro atoms. The van der Waals surface area contributed by atoms with E-state index in [1.165, 1.54) is 43.4 Å². The zero-order valence-corrected chi connectivity index (χ0v) is 7.84. The second kappa shape index (κ2) is 3.91. The molecule has 0 radical (unpaired) electrons. The van der Waals surface area contributed by atoms with Crippen LogP contribution in [0.4, 0.5) is 0 Å². The van der Waals surface area contributed by atoms with Crippen LogP contribution in [-0.2, 0) is 0 Å². The monoisotopic (exact) mass is 154 g/mol. The molecule has 1 nitrogen and oxygen atoms in total. The number of hydrogen-bond acceptors (Lipinski definition) is 0. The molecule has 0 aromatic heterocycles. The van der Waals surface area contributed by atoms with Gasteiger partial charge in [0, 0.05) is 12.8 Å². The minimum absolute atomic E-state index is 1.18. The lowest BCUT2D eigenvalue weighted by molar-refractivity contribution is -0.891. The summed E-state index contributed by atoms with van der Waals surface area (Å²) in [6.45, 7) is 6.20. The molecule has 0 saturated carbocycles. The standard InChI is InChI=1S/C10H20N/c1-3-4-5-8-11(2)9-6-7-10-11/h4-5H,3,6-10H2,1-2H3/q+1/b5-4+. The molecule has 0 unspecified atom stereocenters. The van der Waals surface area contributed by atoms with Crippen LogP contribution in [0.1, 0.15) is 26.2 Å². The fraction of sp³-hybridized carbons (Fsp3) is 0.800. The lowest BCUT2D eigenvalue weighted by Gasteiger charge is -2.27. The first kappa shape index (κ1) is 8.79. The average molecular weight is 154 g/mol. The summed E-state index contributed by atoms with van der Waals surface area (Å²) in [6, 6.07) is 0. The van der Waals surface area contributed by atoms with Gasteiger partial charge in [0.2, 0.25) is 0 Å². The molecule has 1 fully saturated rings. The van der Waals surface area contributed by atoms with Crippen molar-refractivity contribution in [3.8, 4) is 0 Å². The highest BCUT2D eigenvalue weighted by Crippen LogP contribution is 2.15. The van der Waals surface area contributed by atoms with Crippen molar-refractivity contribution in [1.29, 1.82) is 0 Å². The minimum atomic E-state index is 1.18. The first-order valence-corrected chi connectivity index (χ1v) is 4.75. The summed E-state index contributed by atoms with van der Waals surface area (Å²) in [6.07, 6.45) is 8.65. The van der Waals surface area contributed by atoms with E-state index in [9.17, 15) is 0 Å². The number of hydrogen-bond donors (Lipinski definition) is 0. The van der Waals surface area contributed by atoms with E-state index in [2.05, 4.69) is 26.1 Å². The predicted octanol–water partition coefficient (Wildman–Crippen LogP) is 2.19. The van der Waals surface area contributed by atoms with Crippen LogP contribution in [0, 0.1) is 0 Å². The van der Waals surface area contributed by atoms with Crippen LogP contribution in [-0.4, -0.2) is 31.2 Å². The summed E-state index contributed by atoms with van der Waals surface area (Å²) < 4.78 is 1.27. The van der Waals surface area contributed by atoms with Crippen LogP contribution in [0.3, 0.4) is 0 Å². The summed E-state index contributed by atoms with van der Waals surface area (Å²) in [7, 11) is 2.37. The van der Waals surface area contributed by atoms with E-state index in [1.807, 2.05) is 0 Å². The van der Waals surface area contributed by atoms with E-state index in [0.29, 0.717) is 0 Å². The van der Waals surface area contributed by atoms with Gasteiger partial charge in [-0.1, -0.05) is 13.0 Å². The quantitative estimate of drug-likeness (QED) is 0.432. The number of rotatable bonds is 3.